The predicted molar refractivity (Wildman–Crippen MR) is 76.5 cm³/mol. The first-order valence-corrected chi connectivity index (χ1v) is 7.45. The first-order valence-electron chi connectivity index (χ1n) is 7.45. The van der Waals surface area contributed by atoms with Gasteiger partial charge in [-0.2, -0.15) is 0 Å². The summed E-state index contributed by atoms with van der Waals surface area (Å²) in [5.74, 6) is 0.910. The van der Waals surface area contributed by atoms with Crippen molar-refractivity contribution in [3.63, 3.8) is 0 Å². The van der Waals surface area contributed by atoms with Gasteiger partial charge in [0.15, 0.2) is 5.96 Å². The number of nitrogens with one attached hydrogen (secondary N) is 2. The van der Waals surface area contributed by atoms with Crippen molar-refractivity contribution in [1.82, 2.24) is 10.6 Å². The van der Waals surface area contributed by atoms with Crippen LogP contribution in [0.25, 0.3) is 0 Å². The average molecular weight is 269 g/mol. The summed E-state index contributed by atoms with van der Waals surface area (Å²) in [6.07, 6.45) is 7.89. The third-order valence-corrected chi connectivity index (χ3v) is 3.97. The monoisotopic (exact) mass is 269 g/mol. The fourth-order valence-corrected chi connectivity index (χ4v) is 2.91. The van der Waals surface area contributed by atoms with Crippen molar-refractivity contribution in [2.45, 2.75) is 56.8 Å². The van der Waals surface area contributed by atoms with E-state index in [9.17, 15) is 0 Å². The van der Waals surface area contributed by atoms with Crippen LogP contribution in [-0.4, -0.2) is 51.5 Å². The maximum atomic E-state index is 5.84. The molecule has 2 aliphatic heterocycles. The van der Waals surface area contributed by atoms with E-state index < -0.39 is 0 Å². The molecule has 5 nitrogen and oxygen atoms in total. The summed E-state index contributed by atoms with van der Waals surface area (Å²) < 4.78 is 10.9. The molecule has 19 heavy (non-hydrogen) atoms. The molecule has 2 aliphatic rings. The quantitative estimate of drug-likeness (QED) is 0.415. The van der Waals surface area contributed by atoms with Crippen LogP contribution < -0.4 is 10.6 Å². The van der Waals surface area contributed by atoms with Crippen molar-refractivity contribution in [2.24, 2.45) is 4.99 Å². The van der Waals surface area contributed by atoms with Crippen LogP contribution in [0.2, 0.25) is 0 Å². The molecule has 2 saturated heterocycles. The summed E-state index contributed by atoms with van der Waals surface area (Å²) in [6.45, 7) is 1.82. The molecule has 0 aliphatic carbocycles. The second-order valence-electron chi connectivity index (χ2n) is 5.41. The summed E-state index contributed by atoms with van der Waals surface area (Å²) >= 11 is 0. The maximum absolute atomic E-state index is 5.84. The van der Waals surface area contributed by atoms with Crippen molar-refractivity contribution in [1.29, 1.82) is 0 Å². The fraction of sp³-hybridized carbons (Fsp3) is 0.929. The van der Waals surface area contributed by atoms with Crippen molar-refractivity contribution in [2.75, 3.05) is 27.3 Å². The Morgan fingerprint density at radius 3 is 2.84 bits per heavy atom. The van der Waals surface area contributed by atoms with Crippen LogP contribution in [0.4, 0.5) is 0 Å². The lowest BCUT2D eigenvalue weighted by molar-refractivity contribution is 0.0992. The second kappa shape index (κ2) is 7.70. The number of rotatable bonds is 7. The van der Waals surface area contributed by atoms with E-state index in [1.54, 1.807) is 7.11 Å². The Kier molecular flexibility index (Phi) is 5.92. The van der Waals surface area contributed by atoms with E-state index in [2.05, 4.69) is 15.6 Å². The minimum absolute atomic E-state index is 0.394. The predicted octanol–water partition coefficient (Wildman–Crippen LogP) is 1.29. The van der Waals surface area contributed by atoms with E-state index >= 15 is 0 Å². The number of fused-ring (bicyclic) bond motifs is 2. The zero-order valence-corrected chi connectivity index (χ0v) is 12.2. The Hall–Kier alpha value is -0.810. The van der Waals surface area contributed by atoms with Crippen molar-refractivity contribution in [3.05, 3.63) is 0 Å². The maximum Gasteiger partial charge on any atom is 0.191 e. The van der Waals surface area contributed by atoms with Crippen molar-refractivity contribution < 1.29 is 9.47 Å². The van der Waals surface area contributed by atoms with Crippen LogP contribution in [0.5, 0.6) is 0 Å². The lowest BCUT2D eigenvalue weighted by Crippen LogP contribution is -2.47. The number of aliphatic imine (C=N–C) groups is 1. The lowest BCUT2D eigenvalue weighted by Gasteiger charge is -2.22. The smallest absolute Gasteiger partial charge is 0.191 e. The molecule has 0 aromatic heterocycles. The normalized spacial score (nSPS) is 29.8. The van der Waals surface area contributed by atoms with Crippen LogP contribution in [0.1, 0.15) is 38.5 Å². The third kappa shape index (κ3) is 4.35. The van der Waals surface area contributed by atoms with Gasteiger partial charge in [0.1, 0.15) is 0 Å². The Balaban J connectivity index is 1.59. The van der Waals surface area contributed by atoms with Gasteiger partial charge in [0.2, 0.25) is 0 Å². The lowest BCUT2D eigenvalue weighted by atomic mass is 9.96. The third-order valence-electron chi connectivity index (χ3n) is 3.97. The molecule has 0 spiro atoms. The first-order chi connectivity index (χ1) is 9.33. The molecule has 0 aromatic rings. The molecule has 2 rings (SSSR count). The molecule has 2 N–H and O–H groups in total. The molecule has 0 saturated carbocycles. The molecule has 0 radical (unpaired) electrons. The summed E-state index contributed by atoms with van der Waals surface area (Å²) in [6, 6.07) is 0.443. The minimum Gasteiger partial charge on any atom is -0.385 e. The van der Waals surface area contributed by atoms with Gasteiger partial charge in [-0.1, -0.05) is 0 Å². The van der Waals surface area contributed by atoms with Crippen LogP contribution in [-0.2, 0) is 9.47 Å². The number of hydrogen-bond donors (Lipinski definition) is 2. The molecule has 2 heterocycles. The van der Waals surface area contributed by atoms with Crippen LogP contribution in [0.3, 0.4) is 0 Å². The van der Waals surface area contributed by atoms with E-state index in [-0.39, 0.29) is 0 Å². The molecule has 5 heteroatoms. The van der Waals surface area contributed by atoms with Crippen molar-refractivity contribution in [3.8, 4) is 0 Å². The van der Waals surface area contributed by atoms with Gasteiger partial charge in [-0.15, -0.1) is 0 Å². The Morgan fingerprint density at radius 2 is 2.21 bits per heavy atom. The second-order valence-corrected chi connectivity index (χ2v) is 5.41. The number of hydrogen-bond acceptors (Lipinski definition) is 3. The highest BCUT2D eigenvalue weighted by Crippen LogP contribution is 2.34. The van der Waals surface area contributed by atoms with E-state index in [1.807, 2.05) is 7.05 Å². The standard InChI is InChI=1S/C14H27N3O2/c1-15-14(16-8-4-3-5-9-18-2)17-12-10-11-6-7-13(12)19-11/h11-13H,3-10H2,1-2H3,(H2,15,16,17). The van der Waals surface area contributed by atoms with Crippen molar-refractivity contribution >= 4 is 5.96 Å². The van der Waals surface area contributed by atoms with Gasteiger partial charge in [-0.25, -0.2) is 0 Å². The van der Waals surface area contributed by atoms with Crippen LogP contribution >= 0.6 is 0 Å². The average Bonchev–Trinajstić information content (AvgIpc) is 3.03. The zero-order chi connectivity index (χ0) is 13.5. The molecular formula is C14H27N3O2. The highest BCUT2D eigenvalue weighted by Gasteiger charge is 2.40. The highest BCUT2D eigenvalue weighted by molar-refractivity contribution is 5.80. The number of methoxy groups -OCH3 is 1. The Labute approximate surface area is 116 Å². The van der Waals surface area contributed by atoms with Crippen LogP contribution in [0, 0.1) is 0 Å². The molecule has 110 valence electrons. The number of guanidine groups is 1. The largest absolute Gasteiger partial charge is 0.385 e. The molecular weight excluding hydrogens is 242 g/mol. The highest BCUT2D eigenvalue weighted by atomic mass is 16.5. The minimum atomic E-state index is 0.394. The molecule has 3 unspecified atom stereocenters. The Morgan fingerprint density at radius 1 is 1.32 bits per heavy atom. The molecule has 3 atom stereocenters. The number of nitrogens with zero attached hydrogens (tertiary/aromatic N) is 1. The molecule has 0 amide bonds. The van der Waals surface area contributed by atoms with Gasteiger partial charge in [0.05, 0.1) is 18.2 Å². The van der Waals surface area contributed by atoms with E-state index in [0.717, 1.165) is 38.4 Å². The van der Waals surface area contributed by atoms with Gasteiger partial charge in [-0.3, -0.25) is 4.99 Å². The SMILES string of the molecule is CN=C(NCCCCCOC)NC1CC2CCC1O2. The van der Waals surface area contributed by atoms with E-state index in [1.165, 1.54) is 19.3 Å². The fourth-order valence-electron chi connectivity index (χ4n) is 2.91. The van der Waals surface area contributed by atoms with Crippen LogP contribution in [0.15, 0.2) is 4.99 Å². The molecule has 2 bridgehead atoms. The van der Waals surface area contributed by atoms with Gasteiger partial charge in [0, 0.05) is 27.3 Å². The summed E-state index contributed by atoms with van der Waals surface area (Å²) in [4.78, 5) is 4.28. The van der Waals surface area contributed by atoms with E-state index in [0.29, 0.717) is 18.2 Å². The van der Waals surface area contributed by atoms with Gasteiger partial charge >= 0.3 is 0 Å². The summed E-state index contributed by atoms with van der Waals surface area (Å²) in [5.41, 5.74) is 0. The Bertz CT molecular complexity index is 296. The zero-order valence-electron chi connectivity index (χ0n) is 12.2. The summed E-state index contributed by atoms with van der Waals surface area (Å²) in [7, 11) is 3.58. The molecule has 2 fully saturated rings. The summed E-state index contributed by atoms with van der Waals surface area (Å²) in [5, 5.41) is 6.86. The van der Waals surface area contributed by atoms with Gasteiger partial charge < -0.3 is 20.1 Å². The number of unbranched alkanes of at least 4 members (excludes halogenated alkanes) is 2. The first kappa shape index (κ1) is 14.6. The topological polar surface area (TPSA) is 54.9 Å². The number of ether oxygens (including phenoxy) is 2. The molecule has 0 aromatic carbocycles. The van der Waals surface area contributed by atoms with Gasteiger partial charge in [0.25, 0.3) is 0 Å². The van der Waals surface area contributed by atoms with Gasteiger partial charge in [-0.05, 0) is 38.5 Å². The van der Waals surface area contributed by atoms with E-state index in [4.69, 9.17) is 9.47 Å².